The highest BCUT2D eigenvalue weighted by molar-refractivity contribution is 6.52. The summed E-state index contributed by atoms with van der Waals surface area (Å²) in [7, 11) is 0. The van der Waals surface area contributed by atoms with Crippen molar-refractivity contribution >= 4 is 23.1 Å². The minimum absolute atomic E-state index is 0.00508. The van der Waals surface area contributed by atoms with Crippen molar-refractivity contribution in [3.05, 3.63) is 89.0 Å². The molecule has 1 amide bonds. The molecule has 0 aliphatic carbocycles. The van der Waals surface area contributed by atoms with Crippen LogP contribution in [0.1, 0.15) is 56.8 Å². The molecule has 202 valence electrons. The van der Waals surface area contributed by atoms with Crippen LogP contribution >= 0.6 is 0 Å². The fourth-order valence-electron chi connectivity index (χ4n) is 4.90. The van der Waals surface area contributed by atoms with Crippen molar-refractivity contribution in [1.82, 2.24) is 0 Å². The lowest BCUT2D eigenvalue weighted by Gasteiger charge is -2.28. The Labute approximate surface area is 228 Å². The van der Waals surface area contributed by atoms with Gasteiger partial charge >= 0.3 is 0 Å². The summed E-state index contributed by atoms with van der Waals surface area (Å²) in [4.78, 5) is 28.7. The Morgan fingerprint density at radius 2 is 1.67 bits per heavy atom. The molecule has 0 bridgehead atoms. The van der Waals surface area contributed by atoms with Gasteiger partial charge in [-0.05, 0) is 53.3 Å². The molecule has 1 unspecified atom stereocenters. The van der Waals surface area contributed by atoms with Crippen LogP contribution < -0.4 is 19.1 Å². The summed E-state index contributed by atoms with van der Waals surface area (Å²) in [5.41, 5.74) is 2.58. The largest absolute Gasteiger partial charge is 0.507 e. The van der Waals surface area contributed by atoms with Crippen LogP contribution in [0.2, 0.25) is 0 Å². The number of para-hydroxylation sites is 2. The summed E-state index contributed by atoms with van der Waals surface area (Å²) in [6.07, 6.45) is 0.787. The molecule has 2 aliphatic rings. The molecule has 2 heterocycles. The fraction of sp³-hybridized carbons (Fsp3) is 0.312. The molecule has 0 radical (unpaired) electrons. The van der Waals surface area contributed by atoms with Crippen LogP contribution in [0, 0.1) is 0 Å². The van der Waals surface area contributed by atoms with Gasteiger partial charge in [-0.3, -0.25) is 14.5 Å². The predicted molar refractivity (Wildman–Crippen MR) is 150 cm³/mol. The van der Waals surface area contributed by atoms with E-state index in [1.54, 1.807) is 36.4 Å². The predicted octanol–water partition coefficient (Wildman–Crippen LogP) is 6.17. The maximum absolute atomic E-state index is 13.7. The van der Waals surface area contributed by atoms with E-state index in [0.29, 0.717) is 53.9 Å². The summed E-state index contributed by atoms with van der Waals surface area (Å²) in [5, 5.41) is 11.6. The van der Waals surface area contributed by atoms with E-state index in [1.165, 1.54) is 4.90 Å². The molecule has 0 aromatic heterocycles. The quantitative estimate of drug-likeness (QED) is 0.234. The van der Waals surface area contributed by atoms with Crippen molar-refractivity contribution in [2.24, 2.45) is 0 Å². The van der Waals surface area contributed by atoms with Crippen LogP contribution in [-0.4, -0.2) is 36.6 Å². The third kappa shape index (κ3) is 4.97. The molecule has 2 aliphatic heterocycles. The number of ketones is 1. The Bertz CT molecular complexity index is 1430. The van der Waals surface area contributed by atoms with Gasteiger partial charge in [0.1, 0.15) is 24.7 Å². The number of aliphatic hydroxyl groups excluding tert-OH is 1. The van der Waals surface area contributed by atoms with Gasteiger partial charge in [0.2, 0.25) is 0 Å². The molecule has 3 aromatic rings. The molecule has 5 rings (SSSR count). The lowest BCUT2D eigenvalue weighted by atomic mass is 9.85. The van der Waals surface area contributed by atoms with Crippen molar-refractivity contribution < 1.29 is 28.9 Å². The molecule has 0 saturated carbocycles. The van der Waals surface area contributed by atoms with Gasteiger partial charge in [-0.15, -0.1) is 0 Å². The Morgan fingerprint density at radius 1 is 0.974 bits per heavy atom. The minimum Gasteiger partial charge on any atom is -0.507 e. The molecule has 7 nitrogen and oxygen atoms in total. The van der Waals surface area contributed by atoms with E-state index in [2.05, 4.69) is 20.8 Å². The molecule has 1 N–H and O–H groups in total. The maximum Gasteiger partial charge on any atom is 0.300 e. The number of aliphatic hydroxyl groups is 1. The standard InChI is InChI=1S/C32H33NO6/c1-5-16-37-24-9-7-6-8-23(24)33-28(20-10-13-22(14-11-20)32(2,3)4)27(30(35)31(33)36)29(34)21-12-15-25-26(19-21)39-18-17-38-25/h6-15,19,28,34H,5,16-18H2,1-4H3/b29-27-. The second-order valence-corrected chi connectivity index (χ2v) is 10.7. The number of ether oxygens (including phenoxy) is 3. The Morgan fingerprint density at radius 3 is 2.36 bits per heavy atom. The number of carbonyl (C=O) groups is 2. The molecule has 39 heavy (non-hydrogen) atoms. The number of amides is 1. The van der Waals surface area contributed by atoms with Crippen LogP contribution in [0.3, 0.4) is 0 Å². The highest BCUT2D eigenvalue weighted by atomic mass is 16.6. The van der Waals surface area contributed by atoms with Crippen molar-refractivity contribution in [1.29, 1.82) is 0 Å². The maximum atomic E-state index is 13.7. The average molecular weight is 528 g/mol. The first-order chi connectivity index (χ1) is 18.7. The first-order valence-corrected chi connectivity index (χ1v) is 13.2. The molecule has 1 atom stereocenters. The van der Waals surface area contributed by atoms with Crippen molar-refractivity contribution in [2.45, 2.75) is 45.6 Å². The fourth-order valence-corrected chi connectivity index (χ4v) is 4.90. The number of rotatable bonds is 6. The zero-order valence-corrected chi connectivity index (χ0v) is 22.7. The van der Waals surface area contributed by atoms with Crippen molar-refractivity contribution in [3.8, 4) is 17.2 Å². The van der Waals surface area contributed by atoms with Crippen LogP contribution in [0.4, 0.5) is 5.69 Å². The molecular formula is C32H33NO6. The van der Waals surface area contributed by atoms with E-state index < -0.39 is 17.7 Å². The first kappa shape index (κ1) is 26.4. The molecule has 1 fully saturated rings. The summed E-state index contributed by atoms with van der Waals surface area (Å²) >= 11 is 0. The molecule has 0 spiro atoms. The monoisotopic (exact) mass is 527 g/mol. The van der Waals surface area contributed by atoms with Crippen LogP contribution in [0.15, 0.2) is 72.3 Å². The van der Waals surface area contributed by atoms with Crippen molar-refractivity contribution in [3.63, 3.8) is 0 Å². The third-order valence-corrected chi connectivity index (χ3v) is 6.94. The normalized spacial score (nSPS) is 18.4. The van der Waals surface area contributed by atoms with Crippen molar-refractivity contribution in [2.75, 3.05) is 24.7 Å². The van der Waals surface area contributed by atoms with E-state index in [1.807, 2.05) is 37.3 Å². The van der Waals surface area contributed by atoms with Gasteiger partial charge in [0, 0.05) is 5.56 Å². The average Bonchev–Trinajstić information content (AvgIpc) is 3.20. The summed E-state index contributed by atoms with van der Waals surface area (Å²) in [5.74, 6) is -0.232. The third-order valence-electron chi connectivity index (χ3n) is 6.94. The number of nitrogens with zero attached hydrogens (tertiary/aromatic N) is 1. The zero-order chi connectivity index (χ0) is 27.7. The van der Waals surface area contributed by atoms with Crippen LogP contribution in [-0.2, 0) is 15.0 Å². The van der Waals surface area contributed by atoms with E-state index in [4.69, 9.17) is 14.2 Å². The summed E-state index contributed by atoms with van der Waals surface area (Å²) in [6.45, 7) is 9.65. The Balaban J connectivity index is 1.69. The molecule has 7 heteroatoms. The second kappa shape index (κ2) is 10.5. The van der Waals surface area contributed by atoms with Gasteiger partial charge in [0.15, 0.2) is 11.5 Å². The van der Waals surface area contributed by atoms with E-state index in [0.717, 1.165) is 12.0 Å². The Kier molecular flexibility index (Phi) is 7.08. The van der Waals surface area contributed by atoms with Gasteiger partial charge in [0.05, 0.1) is 23.9 Å². The highest BCUT2D eigenvalue weighted by Gasteiger charge is 2.48. The number of anilines is 1. The topological polar surface area (TPSA) is 85.3 Å². The first-order valence-electron chi connectivity index (χ1n) is 13.2. The smallest absolute Gasteiger partial charge is 0.300 e. The number of hydrogen-bond donors (Lipinski definition) is 1. The van der Waals surface area contributed by atoms with E-state index >= 15 is 0 Å². The zero-order valence-electron chi connectivity index (χ0n) is 22.7. The number of Topliss-reactive ketones (excluding diaryl/α,β-unsaturated/α-hetero) is 1. The van der Waals surface area contributed by atoms with Gasteiger partial charge in [-0.25, -0.2) is 0 Å². The summed E-state index contributed by atoms with van der Waals surface area (Å²) in [6, 6.07) is 19.1. The van der Waals surface area contributed by atoms with E-state index in [9.17, 15) is 14.7 Å². The van der Waals surface area contributed by atoms with Gasteiger partial charge < -0.3 is 19.3 Å². The lowest BCUT2D eigenvalue weighted by Crippen LogP contribution is -2.30. The lowest BCUT2D eigenvalue weighted by molar-refractivity contribution is -0.132. The number of hydrogen-bond acceptors (Lipinski definition) is 6. The van der Waals surface area contributed by atoms with Crippen LogP contribution in [0.25, 0.3) is 5.76 Å². The SMILES string of the molecule is CCCOc1ccccc1N1C(=O)C(=O)/C(=C(\O)c2ccc3c(c2)OCCO3)C1c1ccc(C(C)(C)C)cc1. The van der Waals surface area contributed by atoms with Gasteiger partial charge in [0.25, 0.3) is 11.7 Å². The summed E-state index contributed by atoms with van der Waals surface area (Å²) < 4.78 is 17.3. The van der Waals surface area contributed by atoms with E-state index in [-0.39, 0.29) is 16.7 Å². The minimum atomic E-state index is -0.862. The highest BCUT2D eigenvalue weighted by Crippen LogP contribution is 2.46. The van der Waals surface area contributed by atoms with Gasteiger partial charge in [-0.2, -0.15) is 0 Å². The number of carbonyl (C=O) groups excluding carboxylic acids is 2. The Hall–Kier alpha value is -4.26. The second-order valence-electron chi connectivity index (χ2n) is 10.7. The van der Waals surface area contributed by atoms with Gasteiger partial charge in [-0.1, -0.05) is 64.1 Å². The molecule has 3 aromatic carbocycles. The number of fused-ring (bicyclic) bond motifs is 1. The number of benzene rings is 3. The molecular weight excluding hydrogens is 494 g/mol. The van der Waals surface area contributed by atoms with Crippen LogP contribution in [0.5, 0.6) is 17.2 Å². The molecule has 1 saturated heterocycles.